The van der Waals surface area contributed by atoms with Crippen LogP contribution >= 0.6 is 12.2 Å². The molecule has 4 rings (SSSR count). The molecule has 0 atom stereocenters. The SMILES string of the molecule is COc1ccc(-n2nc3ccc(NC(=S)NC(=O)c4ccccc4OC)cc3n2)cc1. The highest BCUT2D eigenvalue weighted by Gasteiger charge is 2.13. The van der Waals surface area contributed by atoms with Crippen LogP contribution in [-0.2, 0) is 0 Å². The predicted octanol–water partition coefficient (Wildman–Crippen LogP) is 3.56. The molecule has 31 heavy (non-hydrogen) atoms. The van der Waals surface area contributed by atoms with Crippen LogP contribution in [0, 0.1) is 0 Å². The highest BCUT2D eigenvalue weighted by Crippen LogP contribution is 2.20. The lowest BCUT2D eigenvalue weighted by Crippen LogP contribution is -2.34. The molecule has 8 nitrogen and oxygen atoms in total. The van der Waals surface area contributed by atoms with E-state index in [0.717, 1.165) is 17.0 Å². The molecule has 0 aliphatic heterocycles. The number of anilines is 1. The zero-order valence-electron chi connectivity index (χ0n) is 16.8. The van der Waals surface area contributed by atoms with Crippen LogP contribution in [0.25, 0.3) is 16.7 Å². The van der Waals surface area contributed by atoms with E-state index >= 15 is 0 Å². The summed E-state index contributed by atoms with van der Waals surface area (Å²) in [5.74, 6) is 0.872. The number of hydrogen-bond acceptors (Lipinski definition) is 6. The summed E-state index contributed by atoms with van der Waals surface area (Å²) >= 11 is 5.28. The number of rotatable bonds is 5. The molecule has 0 saturated heterocycles. The van der Waals surface area contributed by atoms with Crippen LogP contribution in [0.4, 0.5) is 5.69 Å². The van der Waals surface area contributed by atoms with Crippen LogP contribution in [0.5, 0.6) is 11.5 Å². The van der Waals surface area contributed by atoms with E-state index < -0.39 is 0 Å². The summed E-state index contributed by atoms with van der Waals surface area (Å²) in [6.45, 7) is 0. The van der Waals surface area contributed by atoms with Crippen molar-refractivity contribution in [3.05, 3.63) is 72.3 Å². The summed E-state index contributed by atoms with van der Waals surface area (Å²) in [6, 6.07) is 19.8. The van der Waals surface area contributed by atoms with Crippen molar-refractivity contribution in [2.75, 3.05) is 19.5 Å². The van der Waals surface area contributed by atoms with Gasteiger partial charge < -0.3 is 14.8 Å². The highest BCUT2D eigenvalue weighted by atomic mass is 32.1. The van der Waals surface area contributed by atoms with Crippen molar-refractivity contribution in [3.63, 3.8) is 0 Å². The third-order valence-electron chi connectivity index (χ3n) is 4.52. The summed E-state index contributed by atoms with van der Waals surface area (Å²) < 4.78 is 10.4. The topological polar surface area (TPSA) is 90.3 Å². The Hall–Kier alpha value is -3.98. The molecule has 1 heterocycles. The lowest BCUT2D eigenvalue weighted by atomic mass is 10.2. The van der Waals surface area contributed by atoms with Gasteiger partial charge in [0.05, 0.1) is 25.5 Å². The largest absolute Gasteiger partial charge is 0.497 e. The first-order chi connectivity index (χ1) is 15.1. The number of ether oxygens (including phenoxy) is 2. The molecule has 0 saturated carbocycles. The normalized spacial score (nSPS) is 10.5. The van der Waals surface area contributed by atoms with Gasteiger partial charge in [0.2, 0.25) is 0 Å². The van der Waals surface area contributed by atoms with Gasteiger partial charge in [0.15, 0.2) is 5.11 Å². The maximum atomic E-state index is 12.5. The van der Waals surface area contributed by atoms with E-state index in [2.05, 4.69) is 20.8 Å². The van der Waals surface area contributed by atoms with Gasteiger partial charge in [-0.05, 0) is 66.8 Å². The highest BCUT2D eigenvalue weighted by molar-refractivity contribution is 7.80. The number of benzene rings is 3. The van der Waals surface area contributed by atoms with Gasteiger partial charge in [-0.1, -0.05) is 12.1 Å². The number of aromatic nitrogens is 3. The Morgan fingerprint density at radius 3 is 2.42 bits per heavy atom. The molecule has 2 N–H and O–H groups in total. The molecule has 0 unspecified atom stereocenters. The number of fused-ring (bicyclic) bond motifs is 1. The number of amides is 1. The Balaban J connectivity index is 1.48. The molecule has 0 aliphatic carbocycles. The first-order valence-corrected chi connectivity index (χ1v) is 9.75. The fourth-order valence-corrected chi connectivity index (χ4v) is 3.20. The van der Waals surface area contributed by atoms with Crippen LogP contribution in [0.15, 0.2) is 66.7 Å². The fraction of sp³-hybridized carbons (Fsp3) is 0.0909. The van der Waals surface area contributed by atoms with Crippen molar-refractivity contribution in [1.82, 2.24) is 20.3 Å². The van der Waals surface area contributed by atoms with E-state index in [0.29, 0.717) is 22.5 Å². The van der Waals surface area contributed by atoms with Crippen LogP contribution < -0.4 is 20.1 Å². The molecule has 0 bridgehead atoms. The Kier molecular flexibility index (Phi) is 5.76. The van der Waals surface area contributed by atoms with Gasteiger partial charge in [0.1, 0.15) is 22.5 Å². The summed E-state index contributed by atoms with van der Waals surface area (Å²) in [6.07, 6.45) is 0. The number of carbonyl (C=O) groups is 1. The maximum absolute atomic E-state index is 12.5. The third-order valence-corrected chi connectivity index (χ3v) is 4.72. The Morgan fingerprint density at radius 2 is 1.68 bits per heavy atom. The van der Waals surface area contributed by atoms with Crippen molar-refractivity contribution in [2.45, 2.75) is 0 Å². The molecular formula is C22H19N5O3S. The van der Waals surface area contributed by atoms with Crippen molar-refractivity contribution in [1.29, 1.82) is 0 Å². The average molecular weight is 433 g/mol. The zero-order valence-corrected chi connectivity index (χ0v) is 17.6. The van der Waals surface area contributed by atoms with Crippen LogP contribution in [0.1, 0.15) is 10.4 Å². The van der Waals surface area contributed by atoms with Gasteiger partial charge >= 0.3 is 0 Å². The molecule has 4 aromatic rings. The van der Waals surface area contributed by atoms with E-state index in [-0.39, 0.29) is 11.0 Å². The maximum Gasteiger partial charge on any atom is 0.261 e. The Labute approximate surface area is 183 Å². The molecular weight excluding hydrogens is 414 g/mol. The van der Waals surface area contributed by atoms with Gasteiger partial charge in [0.25, 0.3) is 5.91 Å². The van der Waals surface area contributed by atoms with E-state index in [1.54, 1.807) is 36.2 Å². The second-order valence-electron chi connectivity index (χ2n) is 6.50. The predicted molar refractivity (Wildman–Crippen MR) is 122 cm³/mol. The van der Waals surface area contributed by atoms with Crippen molar-refractivity contribution >= 4 is 40.0 Å². The van der Waals surface area contributed by atoms with Gasteiger partial charge in [-0.2, -0.15) is 4.80 Å². The number of nitrogens with one attached hydrogen (secondary N) is 2. The van der Waals surface area contributed by atoms with Gasteiger partial charge in [-0.15, -0.1) is 10.2 Å². The van der Waals surface area contributed by atoms with Gasteiger partial charge in [-0.3, -0.25) is 10.1 Å². The molecule has 0 fully saturated rings. The number of para-hydroxylation sites is 1. The number of nitrogens with zero attached hydrogens (tertiary/aromatic N) is 3. The van der Waals surface area contributed by atoms with Crippen LogP contribution in [-0.4, -0.2) is 40.2 Å². The van der Waals surface area contributed by atoms with Crippen molar-refractivity contribution in [2.24, 2.45) is 0 Å². The number of methoxy groups -OCH3 is 2. The standard InChI is InChI=1S/C22H19N5O3S/c1-29-16-10-8-15(9-11-16)27-25-18-12-7-14(13-19(18)26-27)23-22(31)24-21(28)17-5-3-4-6-20(17)30-2/h3-13H,1-2H3,(H2,23,24,28,31). The average Bonchev–Trinajstić information content (AvgIpc) is 3.22. The smallest absolute Gasteiger partial charge is 0.261 e. The Bertz CT molecular complexity index is 1250. The quantitative estimate of drug-likeness (QED) is 0.465. The fourth-order valence-electron chi connectivity index (χ4n) is 2.99. The van der Waals surface area contributed by atoms with E-state index in [4.69, 9.17) is 21.7 Å². The van der Waals surface area contributed by atoms with E-state index in [1.165, 1.54) is 7.11 Å². The monoisotopic (exact) mass is 433 g/mol. The first-order valence-electron chi connectivity index (χ1n) is 9.34. The van der Waals surface area contributed by atoms with Gasteiger partial charge in [0, 0.05) is 5.69 Å². The molecule has 156 valence electrons. The van der Waals surface area contributed by atoms with E-state index in [9.17, 15) is 4.79 Å². The summed E-state index contributed by atoms with van der Waals surface area (Å²) in [5.41, 5.74) is 3.29. The second-order valence-corrected chi connectivity index (χ2v) is 6.91. The number of carbonyl (C=O) groups excluding carboxylic acids is 1. The second kappa shape index (κ2) is 8.80. The molecule has 0 radical (unpaired) electrons. The minimum atomic E-state index is -0.360. The molecule has 3 aromatic carbocycles. The van der Waals surface area contributed by atoms with Crippen LogP contribution in [0.3, 0.4) is 0 Å². The molecule has 1 aromatic heterocycles. The summed E-state index contributed by atoms with van der Waals surface area (Å²) in [4.78, 5) is 14.0. The van der Waals surface area contributed by atoms with Gasteiger partial charge in [-0.25, -0.2) is 0 Å². The molecule has 1 amide bonds. The lowest BCUT2D eigenvalue weighted by Gasteiger charge is -2.11. The first kappa shape index (κ1) is 20.3. The minimum absolute atomic E-state index is 0.165. The Morgan fingerprint density at radius 1 is 0.935 bits per heavy atom. The van der Waals surface area contributed by atoms with Crippen LogP contribution in [0.2, 0.25) is 0 Å². The molecule has 0 spiro atoms. The summed E-state index contributed by atoms with van der Waals surface area (Å²) in [5, 5.41) is 14.8. The minimum Gasteiger partial charge on any atom is -0.497 e. The molecule has 9 heteroatoms. The third kappa shape index (κ3) is 4.46. The van der Waals surface area contributed by atoms with Crippen molar-refractivity contribution in [3.8, 4) is 17.2 Å². The lowest BCUT2D eigenvalue weighted by molar-refractivity contribution is 0.0975. The van der Waals surface area contributed by atoms with E-state index in [1.807, 2.05) is 42.5 Å². The zero-order chi connectivity index (χ0) is 21.8. The number of thiocarbonyl (C=S) groups is 1. The summed E-state index contributed by atoms with van der Waals surface area (Å²) in [7, 11) is 3.13. The number of hydrogen-bond donors (Lipinski definition) is 2. The molecule has 0 aliphatic rings. The van der Waals surface area contributed by atoms with Crippen molar-refractivity contribution < 1.29 is 14.3 Å².